The highest BCUT2D eigenvalue weighted by molar-refractivity contribution is 5.72. The Balaban J connectivity index is 1.59. The van der Waals surface area contributed by atoms with Crippen molar-refractivity contribution in [1.29, 1.82) is 5.26 Å². The van der Waals surface area contributed by atoms with Crippen molar-refractivity contribution in [3.8, 4) is 23.1 Å². The van der Waals surface area contributed by atoms with Crippen LogP contribution in [0.3, 0.4) is 0 Å². The lowest BCUT2D eigenvalue weighted by Crippen LogP contribution is -2.11. The molecule has 186 valence electrons. The van der Waals surface area contributed by atoms with E-state index in [0.29, 0.717) is 16.8 Å². The Morgan fingerprint density at radius 2 is 1.81 bits per heavy atom. The van der Waals surface area contributed by atoms with Crippen molar-refractivity contribution < 1.29 is 22.0 Å². The molecular weight excluding hydrogens is 497 g/mol. The van der Waals surface area contributed by atoms with Gasteiger partial charge in [0.2, 0.25) is 5.82 Å². The average molecular weight is 511 g/mol. The summed E-state index contributed by atoms with van der Waals surface area (Å²) in [4.78, 5) is 10.8. The number of nitrogens with two attached hydrogens (primary N) is 1. The second-order valence-electron chi connectivity index (χ2n) is 8.00. The number of nitrogen functional groups attached to an aromatic ring is 1. The first-order valence-corrected chi connectivity index (χ1v) is 10.6. The highest BCUT2D eigenvalue weighted by atomic mass is 19.4. The minimum atomic E-state index is -4.71. The van der Waals surface area contributed by atoms with Crippen LogP contribution < -0.4 is 5.73 Å². The Hall–Kier alpha value is -4.93. The molecule has 0 bridgehead atoms. The fourth-order valence-electron chi connectivity index (χ4n) is 3.83. The quantitative estimate of drug-likeness (QED) is 0.357. The van der Waals surface area contributed by atoms with Gasteiger partial charge in [0.15, 0.2) is 17.5 Å². The van der Waals surface area contributed by atoms with E-state index in [0.717, 1.165) is 24.5 Å². The lowest BCUT2D eigenvalue weighted by molar-refractivity contribution is -0.144. The van der Waals surface area contributed by atoms with E-state index in [4.69, 9.17) is 5.73 Å². The number of anilines is 1. The SMILES string of the molecule is C[C@@H](c1cnn(-c2ccc(F)cc2F)c1)c1c(C#N)cc2c(N)nc(-c3cnc(C(F)(F)F)nc3)nn12. The largest absolute Gasteiger partial charge is 0.451 e. The van der Waals surface area contributed by atoms with Gasteiger partial charge in [-0.05, 0) is 23.8 Å². The van der Waals surface area contributed by atoms with Gasteiger partial charge in [-0.25, -0.2) is 32.9 Å². The van der Waals surface area contributed by atoms with Crippen molar-refractivity contribution >= 4 is 11.3 Å². The molecule has 0 unspecified atom stereocenters. The molecular formula is C23H14F5N9. The zero-order valence-corrected chi connectivity index (χ0v) is 18.7. The second-order valence-corrected chi connectivity index (χ2v) is 8.00. The lowest BCUT2D eigenvalue weighted by Gasteiger charge is -2.12. The van der Waals surface area contributed by atoms with Gasteiger partial charge in [0, 0.05) is 30.6 Å². The van der Waals surface area contributed by atoms with Crippen LogP contribution in [0.4, 0.5) is 27.8 Å². The van der Waals surface area contributed by atoms with Crippen molar-refractivity contribution in [2.24, 2.45) is 0 Å². The van der Waals surface area contributed by atoms with Gasteiger partial charge in [0.05, 0.1) is 23.0 Å². The number of alkyl halides is 3. The number of nitriles is 1. The molecule has 9 nitrogen and oxygen atoms in total. The van der Waals surface area contributed by atoms with E-state index in [2.05, 4.69) is 31.2 Å². The van der Waals surface area contributed by atoms with Gasteiger partial charge >= 0.3 is 6.18 Å². The van der Waals surface area contributed by atoms with Gasteiger partial charge in [-0.2, -0.15) is 23.5 Å². The average Bonchev–Trinajstić information content (AvgIpc) is 3.48. The number of fused-ring (bicyclic) bond motifs is 1. The molecule has 4 aromatic heterocycles. The van der Waals surface area contributed by atoms with Crippen LogP contribution in [0.5, 0.6) is 0 Å². The van der Waals surface area contributed by atoms with Crippen LogP contribution >= 0.6 is 0 Å². The fraction of sp³-hybridized carbons (Fsp3) is 0.130. The topological polar surface area (TPSA) is 124 Å². The van der Waals surface area contributed by atoms with Crippen molar-refractivity contribution in [1.82, 2.24) is 34.3 Å². The third-order valence-corrected chi connectivity index (χ3v) is 5.65. The first-order chi connectivity index (χ1) is 17.6. The van der Waals surface area contributed by atoms with Gasteiger partial charge < -0.3 is 5.73 Å². The minimum Gasteiger partial charge on any atom is -0.382 e. The fourth-order valence-corrected chi connectivity index (χ4v) is 3.83. The van der Waals surface area contributed by atoms with E-state index in [-0.39, 0.29) is 28.5 Å². The Morgan fingerprint density at radius 1 is 1.08 bits per heavy atom. The van der Waals surface area contributed by atoms with E-state index < -0.39 is 29.6 Å². The molecule has 0 saturated carbocycles. The Bertz CT molecular complexity index is 1680. The molecule has 1 aromatic carbocycles. The van der Waals surface area contributed by atoms with Crippen molar-refractivity contribution in [2.45, 2.75) is 19.0 Å². The minimum absolute atomic E-state index is 0.0241. The molecule has 5 rings (SSSR count). The van der Waals surface area contributed by atoms with E-state index >= 15 is 0 Å². The van der Waals surface area contributed by atoms with Gasteiger partial charge in [-0.15, -0.1) is 5.10 Å². The Labute approximate surface area is 204 Å². The smallest absolute Gasteiger partial charge is 0.382 e. The Kier molecular flexibility index (Phi) is 5.55. The van der Waals surface area contributed by atoms with E-state index in [1.165, 1.54) is 33.7 Å². The van der Waals surface area contributed by atoms with Gasteiger partial charge in [0.1, 0.15) is 23.1 Å². The molecule has 2 N–H and O–H groups in total. The molecule has 4 heterocycles. The van der Waals surface area contributed by atoms with Crippen molar-refractivity contribution in [2.75, 3.05) is 5.73 Å². The predicted octanol–water partition coefficient (Wildman–Crippen LogP) is 4.27. The number of hydrogen-bond donors (Lipinski definition) is 1. The molecule has 14 heteroatoms. The van der Waals surface area contributed by atoms with E-state index in [1.54, 1.807) is 6.92 Å². The predicted molar refractivity (Wildman–Crippen MR) is 119 cm³/mol. The third-order valence-electron chi connectivity index (χ3n) is 5.65. The summed E-state index contributed by atoms with van der Waals surface area (Å²) in [6.07, 6.45) is 0.124. The molecule has 37 heavy (non-hydrogen) atoms. The van der Waals surface area contributed by atoms with E-state index in [9.17, 15) is 27.2 Å². The molecule has 0 aliphatic heterocycles. The van der Waals surface area contributed by atoms with Crippen LogP contribution in [0.2, 0.25) is 0 Å². The van der Waals surface area contributed by atoms with Gasteiger partial charge in [0.25, 0.3) is 0 Å². The normalized spacial score (nSPS) is 12.6. The first kappa shape index (κ1) is 23.8. The summed E-state index contributed by atoms with van der Waals surface area (Å²) in [6, 6.07) is 6.64. The number of halogens is 5. The van der Waals surface area contributed by atoms with Crippen LogP contribution in [0.1, 0.15) is 35.5 Å². The molecule has 0 fully saturated rings. The summed E-state index contributed by atoms with van der Waals surface area (Å²) in [5, 5.41) is 18.3. The molecule has 0 amide bonds. The van der Waals surface area contributed by atoms with Gasteiger partial charge in [-0.1, -0.05) is 6.92 Å². The zero-order valence-electron chi connectivity index (χ0n) is 18.7. The molecule has 0 spiro atoms. The van der Waals surface area contributed by atoms with Crippen LogP contribution in [0.25, 0.3) is 22.6 Å². The van der Waals surface area contributed by atoms with E-state index in [1.807, 2.05) is 0 Å². The highest BCUT2D eigenvalue weighted by Crippen LogP contribution is 2.32. The molecule has 0 radical (unpaired) electrons. The standard InChI is InChI=1S/C23H14F5N9/c1-11(14-9-33-36(10-14)17-3-2-15(24)5-16(17)25)19-12(6-29)4-18-20(30)34-21(35-37(18)19)13-7-31-22(32-8-13)23(26,27)28/h2-5,7-11H,1H3,(H2,30,34,35)/t11-/m0/s1. The number of rotatable bonds is 4. The second kappa shape index (κ2) is 8.63. The lowest BCUT2D eigenvalue weighted by atomic mass is 9.98. The van der Waals surface area contributed by atoms with Crippen LogP contribution in [-0.2, 0) is 6.18 Å². The summed E-state index contributed by atoms with van der Waals surface area (Å²) >= 11 is 0. The molecule has 0 saturated heterocycles. The summed E-state index contributed by atoms with van der Waals surface area (Å²) in [5.74, 6) is -3.47. The number of benzene rings is 1. The van der Waals surface area contributed by atoms with Crippen LogP contribution in [-0.4, -0.2) is 34.3 Å². The summed E-state index contributed by atoms with van der Waals surface area (Å²) < 4.78 is 68.6. The molecule has 0 aliphatic carbocycles. The third kappa shape index (κ3) is 4.20. The van der Waals surface area contributed by atoms with Crippen molar-refractivity contribution in [3.63, 3.8) is 0 Å². The number of nitrogens with zero attached hydrogens (tertiary/aromatic N) is 8. The number of hydrogen-bond acceptors (Lipinski definition) is 7. The molecule has 0 aliphatic rings. The Morgan fingerprint density at radius 3 is 2.46 bits per heavy atom. The summed E-state index contributed by atoms with van der Waals surface area (Å²) in [5.41, 5.74) is 7.66. The van der Waals surface area contributed by atoms with Crippen LogP contribution in [0.15, 0.2) is 49.1 Å². The molecule has 1 atom stereocenters. The van der Waals surface area contributed by atoms with Crippen LogP contribution in [0, 0.1) is 23.0 Å². The summed E-state index contributed by atoms with van der Waals surface area (Å²) in [7, 11) is 0. The molecule has 5 aromatic rings. The summed E-state index contributed by atoms with van der Waals surface area (Å²) in [6.45, 7) is 1.75. The monoisotopic (exact) mass is 511 g/mol. The zero-order chi connectivity index (χ0) is 26.5. The van der Waals surface area contributed by atoms with Crippen molar-refractivity contribution in [3.05, 3.63) is 83.3 Å². The maximum Gasteiger partial charge on any atom is 0.451 e. The maximum absolute atomic E-state index is 14.2. The maximum atomic E-state index is 14.2. The first-order valence-electron chi connectivity index (χ1n) is 10.6. The number of aromatic nitrogens is 7. The van der Waals surface area contributed by atoms with Gasteiger partial charge in [-0.3, -0.25) is 0 Å². The highest BCUT2D eigenvalue weighted by Gasteiger charge is 2.34.